The summed E-state index contributed by atoms with van der Waals surface area (Å²) in [5, 5.41) is 2.82. The Bertz CT molecular complexity index is 3450. The smallest absolute Gasteiger partial charge is 0.136 e. The Labute approximate surface area is 341 Å². The second kappa shape index (κ2) is 13.6. The van der Waals surface area contributed by atoms with Gasteiger partial charge in [0.1, 0.15) is 22.3 Å². The van der Waals surface area contributed by atoms with Gasteiger partial charge < -0.3 is 13.7 Å². The fourth-order valence-corrected chi connectivity index (χ4v) is 7.73. The van der Waals surface area contributed by atoms with E-state index in [0.717, 1.165) is 33.0 Å². The fourth-order valence-electron chi connectivity index (χ4n) is 7.73. The van der Waals surface area contributed by atoms with Gasteiger partial charge in [-0.2, -0.15) is 0 Å². The van der Waals surface area contributed by atoms with Crippen LogP contribution in [0.3, 0.4) is 0 Å². The molecule has 2 heterocycles. The third kappa shape index (κ3) is 5.76. The summed E-state index contributed by atoms with van der Waals surface area (Å²) in [4.78, 5) is 1.33. The van der Waals surface area contributed by atoms with Crippen LogP contribution >= 0.6 is 0 Å². The van der Waals surface area contributed by atoms with Crippen molar-refractivity contribution in [3.63, 3.8) is 0 Å². The molecule has 11 aromatic rings. The third-order valence-corrected chi connectivity index (χ3v) is 10.5. The van der Waals surface area contributed by atoms with Crippen LogP contribution in [-0.2, 0) is 0 Å². The molecule has 3 nitrogen and oxygen atoms in total. The van der Waals surface area contributed by atoms with E-state index in [0.29, 0.717) is 49.9 Å². The lowest BCUT2D eigenvalue weighted by Gasteiger charge is -2.26. The molecule has 11 rings (SSSR count). The first-order chi connectivity index (χ1) is 31.6. The summed E-state index contributed by atoms with van der Waals surface area (Å²) in [5.74, 6) is 0. The highest BCUT2D eigenvalue weighted by atomic mass is 16.3. The molecule has 0 amide bonds. The van der Waals surface area contributed by atoms with Crippen LogP contribution in [0.1, 0.15) is 11.0 Å². The number of hydrogen-bond donors (Lipinski definition) is 0. The van der Waals surface area contributed by atoms with E-state index < -0.39 is 24.2 Å². The van der Waals surface area contributed by atoms with E-state index in [4.69, 9.17) is 8.83 Å². The van der Waals surface area contributed by atoms with Crippen molar-refractivity contribution in [2.45, 2.75) is 0 Å². The maximum Gasteiger partial charge on any atom is 0.136 e. The molecule has 57 heavy (non-hydrogen) atoms. The van der Waals surface area contributed by atoms with E-state index >= 15 is 0 Å². The second-order valence-corrected chi connectivity index (χ2v) is 13.8. The van der Waals surface area contributed by atoms with E-state index in [1.165, 1.54) is 4.90 Å². The minimum Gasteiger partial charge on any atom is -0.456 e. The largest absolute Gasteiger partial charge is 0.456 e. The Hall–Kier alpha value is -7.62. The second-order valence-electron chi connectivity index (χ2n) is 13.8. The van der Waals surface area contributed by atoms with E-state index in [1.807, 2.05) is 103 Å². The molecular weight excluding hydrogens is 695 g/mol. The average Bonchev–Trinajstić information content (AvgIpc) is 3.92. The Morgan fingerprint density at radius 3 is 1.16 bits per heavy atom. The molecule has 0 aliphatic rings. The Morgan fingerprint density at radius 2 is 0.684 bits per heavy atom. The van der Waals surface area contributed by atoms with E-state index in [2.05, 4.69) is 12.1 Å². The van der Waals surface area contributed by atoms with Crippen molar-refractivity contribution in [2.24, 2.45) is 0 Å². The summed E-state index contributed by atoms with van der Waals surface area (Å²) in [7, 11) is 0. The molecule has 0 N–H and O–H groups in total. The summed E-state index contributed by atoms with van der Waals surface area (Å²) in [5.41, 5.74) is 7.10. The van der Waals surface area contributed by atoms with E-state index in [-0.39, 0.29) is 46.7 Å². The number of benzene rings is 9. The maximum absolute atomic E-state index is 9.65. The van der Waals surface area contributed by atoms with Crippen molar-refractivity contribution >= 4 is 60.9 Å². The number of anilines is 3. The predicted octanol–water partition coefficient (Wildman–Crippen LogP) is 15.6. The van der Waals surface area contributed by atoms with Crippen LogP contribution in [0.15, 0.2) is 221 Å². The highest BCUT2D eigenvalue weighted by molar-refractivity contribution is 6.13. The number of rotatable bonds is 7. The Balaban J connectivity index is 1.12. The molecule has 3 heteroatoms. The molecule has 0 aliphatic carbocycles. The Morgan fingerprint density at radius 1 is 0.298 bits per heavy atom. The lowest BCUT2D eigenvalue weighted by Crippen LogP contribution is -2.09. The number of fused-ring (bicyclic) bond motifs is 6. The molecule has 0 aliphatic heterocycles. The molecule has 0 saturated carbocycles. The minimum absolute atomic E-state index is 0.0606. The number of furan rings is 2. The van der Waals surface area contributed by atoms with Gasteiger partial charge in [-0.25, -0.2) is 0 Å². The molecule has 9 aromatic carbocycles. The molecule has 0 fully saturated rings. The number of hydrogen-bond acceptors (Lipinski definition) is 3. The van der Waals surface area contributed by atoms with Gasteiger partial charge in [0.05, 0.1) is 11.0 Å². The number of para-hydroxylation sites is 2. The van der Waals surface area contributed by atoms with Gasteiger partial charge in [0.2, 0.25) is 0 Å². The molecular formula is C54H35NO2. The van der Waals surface area contributed by atoms with Crippen molar-refractivity contribution in [1.82, 2.24) is 0 Å². The quantitative estimate of drug-likeness (QED) is 0.163. The van der Waals surface area contributed by atoms with Crippen LogP contribution in [0.25, 0.3) is 88.4 Å². The summed E-state index contributed by atoms with van der Waals surface area (Å²) < 4.78 is 89.0. The molecule has 0 radical (unpaired) electrons. The molecule has 0 saturated heterocycles. The molecule has 268 valence electrons. The predicted molar refractivity (Wildman–Crippen MR) is 237 cm³/mol. The zero-order valence-electron chi connectivity index (χ0n) is 38.4. The summed E-state index contributed by atoms with van der Waals surface area (Å²) in [6, 6.07) is 47.8. The first kappa shape index (κ1) is 25.5. The van der Waals surface area contributed by atoms with Gasteiger partial charge in [-0.05, 0) is 105 Å². The van der Waals surface area contributed by atoms with Gasteiger partial charge in [-0.1, -0.05) is 152 Å². The molecule has 0 bridgehead atoms. The average molecular weight is 738 g/mol. The highest BCUT2D eigenvalue weighted by Gasteiger charge is 2.17. The number of nitrogens with zero attached hydrogens (tertiary/aromatic N) is 1. The van der Waals surface area contributed by atoms with Gasteiger partial charge in [0, 0.05) is 38.6 Å². The lowest BCUT2D eigenvalue weighted by molar-refractivity contribution is 0.668. The van der Waals surface area contributed by atoms with Crippen molar-refractivity contribution in [1.29, 1.82) is 0 Å². The SMILES string of the molecule is [2H]c1c([2H])c(N(c2ccc(-c3ccc(-c4ccccc4)cc3)cc2)c2c([2H])c([2H])c(-c3cccc4oc5ccccc5c34)c([2H])c2[2H])c([2H])c([2H])c1-c1cccc2oc3ccccc3c12. The van der Waals surface area contributed by atoms with Crippen LogP contribution < -0.4 is 4.90 Å². The minimum atomic E-state index is -0.429. The topological polar surface area (TPSA) is 29.5 Å². The van der Waals surface area contributed by atoms with Crippen LogP contribution in [0.4, 0.5) is 17.1 Å². The molecule has 0 unspecified atom stereocenters. The zero-order chi connectivity index (χ0) is 44.7. The van der Waals surface area contributed by atoms with Gasteiger partial charge in [0.25, 0.3) is 0 Å². The standard InChI is InChI=1S/C54H35NO2/c1-2-10-36(11-3-1)37-20-22-38(23-21-37)39-24-30-42(31-25-39)55(43-32-26-40(27-33-43)45-14-8-18-51-53(45)47-12-4-6-16-49(47)56-51)44-34-28-41(29-35-44)46-15-9-19-52-54(46)48-13-5-7-17-50(48)57-52/h1-35H/i26D,27D,28D,29D,32D,33D,34D,35D. The normalized spacial score (nSPS) is 13.5. The van der Waals surface area contributed by atoms with Gasteiger partial charge in [0.15, 0.2) is 0 Å². The summed E-state index contributed by atoms with van der Waals surface area (Å²) in [6.45, 7) is 0. The van der Waals surface area contributed by atoms with Crippen molar-refractivity contribution in [2.75, 3.05) is 4.90 Å². The van der Waals surface area contributed by atoms with E-state index in [9.17, 15) is 11.0 Å². The first-order valence-electron chi connectivity index (χ1n) is 22.7. The van der Waals surface area contributed by atoms with Gasteiger partial charge in [-0.15, -0.1) is 0 Å². The van der Waals surface area contributed by atoms with Crippen molar-refractivity contribution < 1.29 is 19.8 Å². The van der Waals surface area contributed by atoms with Crippen molar-refractivity contribution in [3.8, 4) is 44.5 Å². The Kier molecular flexibility index (Phi) is 6.07. The van der Waals surface area contributed by atoms with Crippen LogP contribution in [0, 0.1) is 0 Å². The van der Waals surface area contributed by atoms with Crippen molar-refractivity contribution in [3.05, 3.63) is 212 Å². The first-order valence-corrected chi connectivity index (χ1v) is 18.7. The molecule has 0 atom stereocenters. The van der Waals surface area contributed by atoms with Gasteiger partial charge >= 0.3 is 0 Å². The highest BCUT2D eigenvalue weighted by Crippen LogP contribution is 2.42. The fraction of sp³-hybridized carbons (Fsp3) is 0. The summed E-state index contributed by atoms with van der Waals surface area (Å²) >= 11 is 0. The summed E-state index contributed by atoms with van der Waals surface area (Å²) in [6.07, 6.45) is 0. The molecule has 0 spiro atoms. The maximum atomic E-state index is 9.65. The monoisotopic (exact) mass is 737 g/mol. The van der Waals surface area contributed by atoms with E-state index in [1.54, 1.807) is 48.5 Å². The lowest BCUT2D eigenvalue weighted by atomic mass is 9.98. The zero-order valence-corrected chi connectivity index (χ0v) is 30.4. The molecule has 2 aromatic heterocycles. The van der Waals surface area contributed by atoms with Crippen LogP contribution in [0.5, 0.6) is 0 Å². The van der Waals surface area contributed by atoms with Gasteiger partial charge in [-0.3, -0.25) is 0 Å². The van der Waals surface area contributed by atoms with Crippen LogP contribution in [-0.4, -0.2) is 0 Å². The van der Waals surface area contributed by atoms with Crippen LogP contribution in [0.2, 0.25) is 0 Å². The third-order valence-electron chi connectivity index (χ3n) is 10.5.